The summed E-state index contributed by atoms with van der Waals surface area (Å²) in [7, 11) is 0. The molecular formula is C24H39F3O3. The Labute approximate surface area is 180 Å². The lowest BCUT2D eigenvalue weighted by Gasteiger charge is -2.02. The van der Waals surface area contributed by atoms with Gasteiger partial charge in [0.2, 0.25) is 0 Å². The minimum atomic E-state index is -2.88. The third-order valence-electron chi connectivity index (χ3n) is 3.29. The predicted octanol–water partition coefficient (Wildman–Crippen LogP) is 6.73. The van der Waals surface area contributed by atoms with Crippen LogP contribution >= 0.6 is 0 Å². The normalized spacial score (nSPS) is 12.9. The highest BCUT2D eigenvalue weighted by molar-refractivity contribution is 5.91. The summed E-state index contributed by atoms with van der Waals surface area (Å²) in [5, 5.41) is 0. The molecule has 0 aliphatic heterocycles. The lowest BCUT2D eigenvalue weighted by atomic mass is 10.1. The molecule has 0 bridgehead atoms. The monoisotopic (exact) mass is 432 g/mol. The third-order valence-corrected chi connectivity index (χ3v) is 3.29. The van der Waals surface area contributed by atoms with Gasteiger partial charge in [0.1, 0.15) is 6.17 Å². The smallest absolute Gasteiger partial charge is 0.264 e. The van der Waals surface area contributed by atoms with E-state index in [1.165, 1.54) is 19.1 Å². The maximum absolute atomic E-state index is 12.1. The molecular weight excluding hydrogens is 393 g/mol. The third kappa shape index (κ3) is 26.0. The number of carbonyl (C=O) groups excluding carboxylic acids is 3. The molecule has 0 saturated heterocycles. The fourth-order valence-electron chi connectivity index (χ4n) is 1.27. The molecule has 0 fully saturated rings. The van der Waals surface area contributed by atoms with Crippen LogP contribution in [-0.2, 0) is 14.4 Å². The zero-order chi connectivity index (χ0) is 24.5. The Kier molecular flexibility index (Phi) is 19.4. The Balaban J connectivity index is -0.000000366. The molecule has 0 aromatic heterocycles. The van der Waals surface area contributed by atoms with E-state index in [2.05, 4.69) is 0 Å². The molecule has 0 saturated carbocycles. The molecule has 0 aromatic carbocycles. The number of hydrogen-bond acceptors (Lipinski definition) is 3. The molecule has 3 nitrogen and oxygen atoms in total. The van der Waals surface area contributed by atoms with Crippen molar-refractivity contribution in [1.82, 2.24) is 0 Å². The van der Waals surface area contributed by atoms with Gasteiger partial charge < -0.3 is 0 Å². The Morgan fingerprint density at radius 1 is 0.767 bits per heavy atom. The van der Waals surface area contributed by atoms with Crippen molar-refractivity contribution in [3.63, 3.8) is 0 Å². The van der Waals surface area contributed by atoms with Gasteiger partial charge in [0.25, 0.3) is 5.92 Å². The minimum Gasteiger partial charge on any atom is -0.295 e. The van der Waals surface area contributed by atoms with Crippen LogP contribution in [0.3, 0.4) is 0 Å². The molecule has 0 aliphatic carbocycles. The summed E-state index contributed by atoms with van der Waals surface area (Å²) in [6, 6.07) is 0. The number of rotatable bonds is 9. The van der Waals surface area contributed by atoms with Gasteiger partial charge in [0.15, 0.2) is 17.3 Å². The highest BCUT2D eigenvalue weighted by Gasteiger charge is 2.16. The summed E-state index contributed by atoms with van der Waals surface area (Å²) in [5.41, 5.74) is 0. The van der Waals surface area contributed by atoms with Crippen LogP contribution in [0.15, 0.2) is 36.5 Å². The Morgan fingerprint density at radius 2 is 1.13 bits per heavy atom. The van der Waals surface area contributed by atoms with E-state index >= 15 is 0 Å². The molecule has 30 heavy (non-hydrogen) atoms. The van der Waals surface area contributed by atoms with Crippen LogP contribution in [0.5, 0.6) is 0 Å². The van der Waals surface area contributed by atoms with Gasteiger partial charge in [0, 0.05) is 24.7 Å². The van der Waals surface area contributed by atoms with E-state index in [0.717, 1.165) is 19.4 Å². The van der Waals surface area contributed by atoms with E-state index < -0.39 is 12.1 Å². The van der Waals surface area contributed by atoms with E-state index in [-0.39, 0.29) is 35.1 Å². The Morgan fingerprint density at radius 3 is 1.43 bits per heavy atom. The maximum atomic E-state index is 12.1. The molecule has 0 N–H and O–H groups in total. The van der Waals surface area contributed by atoms with Gasteiger partial charge in [-0.05, 0) is 43.7 Å². The molecule has 1 atom stereocenters. The van der Waals surface area contributed by atoms with E-state index in [1.807, 2.05) is 26.8 Å². The molecule has 0 rings (SSSR count). The number of allylic oxidation sites excluding steroid dienone is 6. The molecule has 0 heterocycles. The second-order valence-electron chi connectivity index (χ2n) is 7.81. The van der Waals surface area contributed by atoms with Gasteiger partial charge in [-0.3, -0.25) is 14.4 Å². The lowest BCUT2D eigenvalue weighted by Crippen LogP contribution is -2.08. The molecule has 0 radical (unpaired) electrons. The van der Waals surface area contributed by atoms with Crippen LogP contribution in [-0.4, -0.2) is 29.4 Å². The first-order valence-corrected chi connectivity index (χ1v) is 10.2. The van der Waals surface area contributed by atoms with Crippen molar-refractivity contribution in [3.05, 3.63) is 36.5 Å². The quantitative estimate of drug-likeness (QED) is 0.380. The summed E-state index contributed by atoms with van der Waals surface area (Å²) in [6.45, 7) is 14.9. The second kappa shape index (κ2) is 17.8. The number of ketones is 3. The van der Waals surface area contributed by atoms with Crippen molar-refractivity contribution < 1.29 is 27.6 Å². The SMILES string of the molecule is CC(C)C(=O)/C=C/C(C)(F)F.CC(F)/C=C/C(=O)C(C)C.CC/C=C/C(=O)C(C)C. The maximum Gasteiger partial charge on any atom is 0.264 e. The largest absolute Gasteiger partial charge is 0.295 e. The van der Waals surface area contributed by atoms with Crippen LogP contribution in [0.2, 0.25) is 0 Å². The first-order chi connectivity index (χ1) is 13.5. The molecule has 174 valence electrons. The lowest BCUT2D eigenvalue weighted by molar-refractivity contribution is -0.118. The van der Waals surface area contributed by atoms with Crippen molar-refractivity contribution in [2.75, 3.05) is 0 Å². The number of hydrogen-bond donors (Lipinski definition) is 0. The highest BCUT2D eigenvalue weighted by atomic mass is 19.3. The summed E-state index contributed by atoms with van der Waals surface area (Å²) in [5.74, 6) is -3.06. The standard InChI is InChI=1S/C8H12F2O.C8H13FO.C8H14O/c1-6(2)7(11)4-5-8(3,9)10;1-6(2)8(10)5-4-7(3)9;1-4-5-6-8(9)7(2)3/h4-6H,1-3H3;4-7H,1-3H3;5-7H,4H2,1-3H3/b2*5-4+;6-5+. The summed E-state index contributed by atoms with van der Waals surface area (Å²) < 4.78 is 36.3. The second-order valence-corrected chi connectivity index (χ2v) is 7.81. The van der Waals surface area contributed by atoms with E-state index in [1.54, 1.807) is 33.8 Å². The highest BCUT2D eigenvalue weighted by Crippen LogP contribution is 2.13. The average Bonchev–Trinajstić information content (AvgIpc) is 2.62. The van der Waals surface area contributed by atoms with Crippen molar-refractivity contribution in [2.45, 2.75) is 80.8 Å². The van der Waals surface area contributed by atoms with Gasteiger partial charge >= 0.3 is 0 Å². The number of halogens is 3. The van der Waals surface area contributed by atoms with Crippen molar-refractivity contribution in [1.29, 1.82) is 0 Å². The molecule has 0 amide bonds. The molecule has 0 aromatic rings. The topological polar surface area (TPSA) is 51.2 Å². The average molecular weight is 433 g/mol. The van der Waals surface area contributed by atoms with Crippen molar-refractivity contribution in [2.24, 2.45) is 17.8 Å². The van der Waals surface area contributed by atoms with Crippen molar-refractivity contribution >= 4 is 17.3 Å². The van der Waals surface area contributed by atoms with Gasteiger partial charge in [0.05, 0.1) is 0 Å². The van der Waals surface area contributed by atoms with E-state index in [9.17, 15) is 27.6 Å². The minimum absolute atomic E-state index is 0.0236. The predicted molar refractivity (Wildman–Crippen MR) is 118 cm³/mol. The Bertz CT molecular complexity index is 579. The summed E-state index contributed by atoms with van der Waals surface area (Å²) in [4.78, 5) is 32.4. The molecule has 0 spiro atoms. The summed E-state index contributed by atoms with van der Waals surface area (Å²) >= 11 is 0. The number of carbonyl (C=O) groups is 3. The van der Waals surface area contributed by atoms with Gasteiger partial charge in [-0.15, -0.1) is 0 Å². The van der Waals surface area contributed by atoms with Crippen LogP contribution in [0.25, 0.3) is 0 Å². The zero-order valence-electron chi connectivity index (χ0n) is 19.8. The van der Waals surface area contributed by atoms with Crippen LogP contribution < -0.4 is 0 Å². The molecule has 1 unspecified atom stereocenters. The van der Waals surface area contributed by atoms with Crippen LogP contribution in [0.1, 0.15) is 68.7 Å². The van der Waals surface area contributed by atoms with Crippen LogP contribution in [0, 0.1) is 17.8 Å². The van der Waals surface area contributed by atoms with Gasteiger partial charge in [-0.1, -0.05) is 54.5 Å². The molecule has 0 aliphatic rings. The number of alkyl halides is 3. The van der Waals surface area contributed by atoms with Crippen LogP contribution in [0.4, 0.5) is 13.2 Å². The fourth-order valence-corrected chi connectivity index (χ4v) is 1.27. The van der Waals surface area contributed by atoms with Gasteiger partial charge in [-0.25, -0.2) is 13.2 Å². The zero-order valence-corrected chi connectivity index (χ0v) is 19.8. The molecule has 6 heteroatoms. The first kappa shape index (κ1) is 32.7. The van der Waals surface area contributed by atoms with E-state index in [0.29, 0.717) is 6.08 Å². The first-order valence-electron chi connectivity index (χ1n) is 10.2. The van der Waals surface area contributed by atoms with Gasteiger partial charge in [-0.2, -0.15) is 0 Å². The fraction of sp³-hybridized carbons (Fsp3) is 0.625. The van der Waals surface area contributed by atoms with E-state index in [4.69, 9.17) is 0 Å². The Hall–Kier alpha value is -1.98. The summed E-state index contributed by atoms with van der Waals surface area (Å²) in [6.07, 6.45) is 7.59. The van der Waals surface area contributed by atoms with Crippen molar-refractivity contribution in [3.8, 4) is 0 Å².